The van der Waals surface area contributed by atoms with E-state index in [1.807, 2.05) is 108 Å². The second-order valence-electron chi connectivity index (χ2n) is 29.2. The number of amides is 1. The number of morpholine rings is 6. The fourth-order valence-electron chi connectivity index (χ4n) is 14.7. The molecule has 634 valence electrons. The third-order valence-corrected chi connectivity index (χ3v) is 21.5. The molecule has 7 N–H and O–H groups in total. The number of carbonyl (C=O) groups is 3. The molecular weight excluding hydrogens is 1680 g/mol. The number of imidazole rings is 3. The number of aromatic nitrogens is 12. The molecule has 6 saturated heterocycles. The van der Waals surface area contributed by atoms with Crippen molar-refractivity contribution in [2.45, 2.75) is 19.6 Å². The van der Waals surface area contributed by atoms with E-state index in [4.69, 9.17) is 70.2 Å². The molecule has 0 bridgehead atoms. The van der Waals surface area contributed by atoms with Crippen LogP contribution < -0.4 is 65.9 Å². The Morgan fingerprint density at radius 3 is 0.967 bits per heavy atom. The van der Waals surface area contributed by atoms with Crippen molar-refractivity contribution in [3.8, 4) is 33.8 Å². The zero-order valence-electron chi connectivity index (χ0n) is 69.5. The molecular formula is C86H100IN22NaO12. The van der Waals surface area contributed by atoms with Crippen molar-refractivity contribution in [1.29, 1.82) is 0 Å². The summed E-state index contributed by atoms with van der Waals surface area (Å²) >= 11 is 1.96. The van der Waals surface area contributed by atoms with E-state index in [0.717, 1.165) is 228 Å². The Balaban J connectivity index is 0.000000155. The summed E-state index contributed by atoms with van der Waals surface area (Å²) in [6.45, 7) is 24.1. The molecule has 0 spiro atoms. The van der Waals surface area contributed by atoms with E-state index in [9.17, 15) is 19.5 Å². The summed E-state index contributed by atoms with van der Waals surface area (Å²) in [7, 11) is 1.37. The minimum atomic E-state index is -0.958. The number of nitrogens with one attached hydrogen (secondary N) is 3. The molecule has 18 rings (SSSR count). The van der Waals surface area contributed by atoms with Crippen LogP contribution >= 0.6 is 22.6 Å². The molecule has 0 aliphatic carbocycles. The van der Waals surface area contributed by atoms with Crippen LogP contribution in [0.3, 0.4) is 0 Å². The number of hydrogen-bond acceptors (Lipinski definition) is 29. The molecule has 122 heavy (non-hydrogen) atoms. The number of alkyl halides is 1. The number of carboxylic acid groups (broad SMARTS) is 1. The molecule has 36 heteroatoms. The van der Waals surface area contributed by atoms with Crippen LogP contribution in [-0.4, -0.2) is 291 Å². The van der Waals surface area contributed by atoms with Gasteiger partial charge in [0.1, 0.15) is 17.5 Å². The SMILES string of the molecule is COC(=O)c1ccc(Nc2cc(-c3ccc4ncn(CCN5CCOCC5)c4c3)nc(N3CCOCC3)n2)cc1.NC(=O)c1ccc(Nc2cc(-c3ccc4ncn(CCN5CCOCC5)c4c3)nc(N3CCOCC3)n2)cc1.O=C(O)c1ccc(Nc2cc(-c3ccc4ncn(CCN5CCOCC5)c4c3)nc(N3CCOCC3)n2)cc1.[2H]CI.[Na+].[OH-]. The van der Waals surface area contributed by atoms with Gasteiger partial charge in [0.25, 0.3) is 0 Å². The van der Waals surface area contributed by atoms with Gasteiger partial charge in [0.15, 0.2) is 0 Å². The number of rotatable bonds is 24. The normalized spacial score (nSPS) is 16.0. The first kappa shape index (κ1) is 87.8. The van der Waals surface area contributed by atoms with Crippen molar-refractivity contribution in [2.75, 3.05) is 220 Å². The maximum atomic E-state index is 11.8. The largest absolute Gasteiger partial charge is 1.00 e. The number of nitrogens with zero attached hydrogens (tertiary/aromatic N) is 18. The number of fused-ring (bicyclic) bond motifs is 3. The third kappa shape index (κ3) is 23.4. The second-order valence-corrected chi connectivity index (χ2v) is 29.2. The summed E-state index contributed by atoms with van der Waals surface area (Å²) in [5.41, 5.74) is 20.3. The zero-order valence-corrected chi connectivity index (χ0v) is 72.6. The maximum absolute atomic E-state index is 11.8. The Morgan fingerprint density at radius 2 is 0.689 bits per heavy atom. The Labute approximate surface area is 743 Å². The van der Waals surface area contributed by atoms with Crippen molar-refractivity contribution in [3.05, 3.63) is 181 Å². The number of hydrogen-bond donors (Lipinski definition) is 5. The number of primary amides is 1. The summed E-state index contributed by atoms with van der Waals surface area (Å²) in [4.78, 5) is 91.8. The quantitative estimate of drug-likeness (QED) is 0.0182. The fraction of sp³-hybridized carbons (Fsp3) is 0.372. The van der Waals surface area contributed by atoms with E-state index in [1.165, 1.54) is 7.11 Å². The van der Waals surface area contributed by atoms with Gasteiger partial charge in [-0.15, -0.1) is 0 Å². The van der Waals surface area contributed by atoms with Gasteiger partial charge in [-0.3, -0.25) is 19.5 Å². The summed E-state index contributed by atoms with van der Waals surface area (Å²) in [6, 6.07) is 45.3. The van der Waals surface area contributed by atoms with Gasteiger partial charge in [0, 0.05) is 177 Å². The smallest absolute Gasteiger partial charge is 0.870 e. The van der Waals surface area contributed by atoms with E-state index >= 15 is 0 Å². The van der Waals surface area contributed by atoms with Gasteiger partial charge in [-0.25, -0.2) is 39.5 Å². The summed E-state index contributed by atoms with van der Waals surface area (Å²) in [5.74, 6) is 2.09. The molecule has 0 radical (unpaired) electrons. The number of benzene rings is 6. The van der Waals surface area contributed by atoms with E-state index in [-0.39, 0.29) is 46.6 Å². The van der Waals surface area contributed by atoms with Gasteiger partial charge in [-0.1, -0.05) is 40.8 Å². The maximum Gasteiger partial charge on any atom is 1.00 e. The first-order chi connectivity index (χ1) is 59.3. The first-order valence-corrected chi connectivity index (χ1v) is 41.8. The molecule has 6 aromatic carbocycles. The van der Waals surface area contributed by atoms with E-state index < -0.39 is 11.9 Å². The molecule has 6 aliphatic heterocycles. The van der Waals surface area contributed by atoms with E-state index in [0.29, 0.717) is 104 Å². The fourth-order valence-corrected chi connectivity index (χ4v) is 14.7. The molecule has 0 saturated carbocycles. The van der Waals surface area contributed by atoms with Crippen molar-refractivity contribution in [2.24, 2.45) is 5.73 Å². The summed E-state index contributed by atoms with van der Waals surface area (Å²) in [6.07, 6.45) is 5.73. The van der Waals surface area contributed by atoms with Gasteiger partial charge in [0.05, 0.1) is 167 Å². The number of halogens is 1. The van der Waals surface area contributed by atoms with Crippen LogP contribution in [0.5, 0.6) is 0 Å². The number of ether oxygens (including phenoxy) is 7. The molecule has 12 aromatic rings. The van der Waals surface area contributed by atoms with Crippen molar-refractivity contribution < 1.29 is 89.1 Å². The monoisotopic (exact) mass is 1780 g/mol. The predicted octanol–water partition coefficient (Wildman–Crippen LogP) is 6.68. The van der Waals surface area contributed by atoms with Crippen LogP contribution in [0.1, 0.15) is 32.4 Å². The molecule has 6 aromatic heterocycles. The van der Waals surface area contributed by atoms with Crippen molar-refractivity contribution >= 4 is 126 Å². The number of methoxy groups -OCH3 is 1. The number of carbonyl (C=O) groups excluding carboxylic acids is 2. The predicted molar refractivity (Wildman–Crippen MR) is 471 cm³/mol. The van der Waals surface area contributed by atoms with Crippen LogP contribution in [-0.2, 0) is 52.8 Å². The summed E-state index contributed by atoms with van der Waals surface area (Å²) in [5, 5.41) is 19.3. The Kier molecular flexibility index (Phi) is 31.7. The average molecular weight is 1780 g/mol. The van der Waals surface area contributed by atoms with Gasteiger partial charge >= 0.3 is 41.5 Å². The van der Waals surface area contributed by atoms with Gasteiger partial charge in [-0.05, 0) is 114 Å². The first-order valence-electron chi connectivity index (χ1n) is 41.0. The van der Waals surface area contributed by atoms with Gasteiger partial charge < -0.3 is 93.8 Å². The Hall–Kier alpha value is -10.5. The van der Waals surface area contributed by atoms with Crippen LogP contribution in [0.25, 0.3) is 66.9 Å². The van der Waals surface area contributed by atoms with Crippen molar-refractivity contribution in [3.63, 3.8) is 0 Å². The number of nitrogens with two attached hydrogens (primary N) is 1. The molecule has 0 atom stereocenters. The minimum Gasteiger partial charge on any atom is -0.870 e. The number of aromatic carboxylic acids is 1. The van der Waals surface area contributed by atoms with Crippen LogP contribution in [0.4, 0.5) is 52.4 Å². The molecule has 34 nitrogen and oxygen atoms in total. The molecule has 6 aliphatic rings. The number of esters is 1. The van der Waals surface area contributed by atoms with E-state index in [1.54, 1.807) is 48.5 Å². The van der Waals surface area contributed by atoms with Crippen molar-refractivity contribution in [1.82, 2.24) is 73.3 Å². The third-order valence-electron chi connectivity index (χ3n) is 21.5. The number of anilines is 9. The zero-order chi connectivity index (χ0) is 83.2. The molecule has 0 unspecified atom stereocenters. The Morgan fingerprint density at radius 1 is 0.410 bits per heavy atom. The topological polar surface area (TPSA) is 378 Å². The number of carboxylic acids is 1. The van der Waals surface area contributed by atoms with Crippen LogP contribution in [0.15, 0.2) is 165 Å². The average Bonchev–Trinajstić information content (AvgIpc) is 1.78. The molecule has 6 fully saturated rings. The Bertz CT molecular complexity index is 5230. The summed E-state index contributed by atoms with van der Waals surface area (Å²) < 4.78 is 50.7. The standard InChI is InChI=1S/C29H33N7O4.C28H32N8O3.C28H31N7O4.CH3I.Na.H2O/c1-38-28(37)21-2-5-23(6-3-21)31-27-19-25(32-29(33-27)35-12-16-40-17-13-35)22-4-7-24-26(18-22)36(20-30-24)9-8-34-10-14-39-15-11-34;29-27(37)20-1-4-22(5-2-20)31-26-18-24(32-28(33-26)35-11-15-39-16-12-35)21-3-6-23-25(17-21)36(19-30-23)8-7-34-9-13-38-14-10-34;36-27(37)20-1-4-22(5-2-20)30-26-18-24(31-28(32-26)34-11-15-39-16-12-34)21-3-6-23-25(17-21)35(19-29-23)8-7-33-9-13-38-14-10-33;1-2;;/h2-7,18-20H,8-17H2,1H3,(H,31,32,33);1-6,17-19H,7-16H2,(H2,29,37)(H,31,32,33);1-6,17-19H,7-16H2,(H,36,37)(H,30,31,32);1H3;;1H2/q;;;;+1;/p-1/i;;;1D;;. The van der Waals surface area contributed by atoms with Gasteiger partial charge in [-0.2, -0.15) is 15.0 Å². The molecule has 12 heterocycles. The van der Waals surface area contributed by atoms with E-state index in [2.05, 4.69) is 104 Å². The van der Waals surface area contributed by atoms with Crippen LogP contribution in [0.2, 0.25) is 0 Å². The van der Waals surface area contributed by atoms with Gasteiger partial charge in [0.2, 0.25) is 23.8 Å². The second kappa shape index (κ2) is 44.0. The van der Waals surface area contributed by atoms with Crippen LogP contribution in [0, 0.1) is 0 Å². The minimum absolute atomic E-state index is 0. The molecule has 1 amide bonds.